The van der Waals surface area contributed by atoms with Crippen LogP contribution in [0.3, 0.4) is 0 Å². The molecule has 1 atom stereocenters. The number of amides is 1. The fraction of sp³-hybridized carbons (Fsp3) is 0.545. The molecule has 0 radical (unpaired) electrons. The first-order valence-electron chi connectivity index (χ1n) is 10.9. The highest BCUT2D eigenvalue weighted by Crippen LogP contribution is 2.19. The minimum absolute atomic E-state index is 0.00788. The number of nitrogens with zero attached hydrogens (tertiary/aromatic N) is 3. The second-order valence-electron chi connectivity index (χ2n) is 7.82. The summed E-state index contributed by atoms with van der Waals surface area (Å²) in [6.07, 6.45) is 9.57. The molecule has 0 bridgehead atoms. The van der Waals surface area contributed by atoms with Crippen LogP contribution in [0.5, 0.6) is 0 Å². The number of fused-ring (bicyclic) bond motifs is 1. The first-order valence-corrected chi connectivity index (χ1v) is 10.9. The van der Waals surface area contributed by atoms with Gasteiger partial charge >= 0.3 is 0 Å². The lowest BCUT2D eigenvalue weighted by molar-refractivity contribution is -0.120. The van der Waals surface area contributed by atoms with E-state index in [1.807, 2.05) is 0 Å². The fourth-order valence-corrected chi connectivity index (χ4v) is 3.49. The number of nitrogens with two attached hydrogens (primary N) is 1. The topological polar surface area (TPSA) is 115 Å². The van der Waals surface area contributed by atoms with Crippen LogP contribution < -0.4 is 16.4 Å². The Morgan fingerprint density at radius 2 is 2.20 bits per heavy atom. The van der Waals surface area contributed by atoms with Crippen LogP contribution in [0, 0.1) is 0 Å². The third-order valence-electron chi connectivity index (χ3n) is 5.37. The first kappa shape index (κ1) is 22.0. The minimum Gasteiger partial charge on any atom is -0.370 e. The van der Waals surface area contributed by atoms with Crippen LogP contribution >= 0.6 is 0 Å². The van der Waals surface area contributed by atoms with Crippen LogP contribution in [0.25, 0.3) is 0 Å². The molecule has 0 aromatic carbocycles. The number of pyridine rings is 1. The molecule has 4 N–H and O–H groups in total. The Balaban J connectivity index is 1.45. The van der Waals surface area contributed by atoms with E-state index in [2.05, 4.69) is 39.8 Å². The molecule has 162 valence electrons. The molecule has 1 aliphatic rings. The molecule has 0 fully saturated rings. The number of ketones is 1. The van der Waals surface area contributed by atoms with Gasteiger partial charge in [-0.25, -0.2) is 4.98 Å². The summed E-state index contributed by atoms with van der Waals surface area (Å²) in [5.74, 6) is 0.709. The Hall–Kier alpha value is -2.74. The van der Waals surface area contributed by atoms with Gasteiger partial charge in [0.1, 0.15) is 5.82 Å². The molecular weight excluding hydrogens is 380 g/mol. The second-order valence-corrected chi connectivity index (χ2v) is 7.82. The SMILES string of the molecule is CCCCCC(=O)[C@@H](N)CNC(=O)c1cnn(CCc2ccc3c(n2)NCCC3)c1. The lowest BCUT2D eigenvalue weighted by Gasteiger charge is -2.17. The normalized spacial score (nSPS) is 13.9. The lowest BCUT2D eigenvalue weighted by atomic mass is 10.1. The molecule has 8 heteroatoms. The number of rotatable bonds is 11. The summed E-state index contributed by atoms with van der Waals surface area (Å²) < 4.78 is 1.74. The number of unbranched alkanes of at least 4 members (excludes halogenated alkanes) is 2. The number of Topliss-reactive ketones (excluding diaryl/α,β-unsaturated/α-hetero) is 1. The summed E-state index contributed by atoms with van der Waals surface area (Å²) >= 11 is 0. The van der Waals surface area contributed by atoms with Crippen LogP contribution in [0.1, 0.15) is 60.6 Å². The number of aromatic nitrogens is 3. The summed E-state index contributed by atoms with van der Waals surface area (Å²) in [6.45, 7) is 3.83. The molecule has 30 heavy (non-hydrogen) atoms. The van der Waals surface area contributed by atoms with Crippen molar-refractivity contribution in [2.24, 2.45) is 5.73 Å². The highest BCUT2D eigenvalue weighted by atomic mass is 16.2. The minimum atomic E-state index is -0.662. The summed E-state index contributed by atoms with van der Waals surface area (Å²) in [7, 11) is 0. The molecule has 0 spiro atoms. The fourth-order valence-electron chi connectivity index (χ4n) is 3.49. The molecule has 1 amide bonds. The first-order chi connectivity index (χ1) is 14.6. The van der Waals surface area contributed by atoms with E-state index < -0.39 is 6.04 Å². The zero-order valence-corrected chi connectivity index (χ0v) is 17.7. The molecule has 0 saturated carbocycles. The molecule has 2 aromatic rings. The van der Waals surface area contributed by atoms with Crippen molar-refractivity contribution in [2.45, 2.75) is 64.5 Å². The molecular formula is C22H32N6O2. The van der Waals surface area contributed by atoms with Crippen molar-refractivity contribution in [1.82, 2.24) is 20.1 Å². The summed E-state index contributed by atoms with van der Waals surface area (Å²) in [5, 5.41) is 10.3. The lowest BCUT2D eigenvalue weighted by Crippen LogP contribution is -2.42. The molecule has 3 rings (SSSR count). The Bertz CT molecular complexity index is 863. The van der Waals surface area contributed by atoms with E-state index in [4.69, 9.17) is 5.73 Å². The van der Waals surface area contributed by atoms with Gasteiger partial charge in [-0.05, 0) is 30.9 Å². The highest BCUT2D eigenvalue weighted by molar-refractivity contribution is 5.94. The monoisotopic (exact) mass is 412 g/mol. The molecule has 1 aliphatic heterocycles. The smallest absolute Gasteiger partial charge is 0.254 e. The number of carbonyl (C=O) groups excluding carboxylic acids is 2. The number of anilines is 1. The average Bonchev–Trinajstić information content (AvgIpc) is 3.25. The van der Waals surface area contributed by atoms with Crippen molar-refractivity contribution < 1.29 is 9.59 Å². The summed E-state index contributed by atoms with van der Waals surface area (Å²) in [5.41, 5.74) is 8.62. The van der Waals surface area contributed by atoms with Gasteiger partial charge in [-0.1, -0.05) is 25.8 Å². The summed E-state index contributed by atoms with van der Waals surface area (Å²) in [4.78, 5) is 29.0. The zero-order chi connectivity index (χ0) is 21.3. The Labute approximate surface area is 177 Å². The van der Waals surface area contributed by atoms with E-state index in [1.54, 1.807) is 10.9 Å². The Morgan fingerprint density at radius 3 is 3.03 bits per heavy atom. The van der Waals surface area contributed by atoms with Gasteiger partial charge in [-0.2, -0.15) is 5.10 Å². The predicted octanol–water partition coefficient (Wildman–Crippen LogP) is 2.09. The van der Waals surface area contributed by atoms with Gasteiger partial charge in [0.25, 0.3) is 5.91 Å². The molecule has 0 aliphatic carbocycles. The number of nitrogens with one attached hydrogen (secondary N) is 2. The van der Waals surface area contributed by atoms with Gasteiger partial charge in [-0.3, -0.25) is 14.3 Å². The maximum absolute atomic E-state index is 12.3. The van der Waals surface area contributed by atoms with Crippen molar-refractivity contribution in [3.63, 3.8) is 0 Å². The Morgan fingerprint density at radius 1 is 1.33 bits per heavy atom. The van der Waals surface area contributed by atoms with E-state index in [9.17, 15) is 9.59 Å². The number of hydrogen-bond donors (Lipinski definition) is 3. The molecule has 2 aromatic heterocycles. The number of hydrogen-bond acceptors (Lipinski definition) is 6. The maximum atomic E-state index is 12.3. The van der Waals surface area contributed by atoms with E-state index in [-0.39, 0.29) is 18.2 Å². The predicted molar refractivity (Wildman–Crippen MR) is 116 cm³/mol. The van der Waals surface area contributed by atoms with Crippen LogP contribution in [-0.4, -0.2) is 45.6 Å². The van der Waals surface area contributed by atoms with Gasteiger partial charge in [0, 0.05) is 44.4 Å². The molecule has 0 unspecified atom stereocenters. The Kier molecular flexibility index (Phi) is 7.96. The standard InChI is InChI=1S/C22H32N6O2/c1-2-3-4-7-20(29)19(23)14-25-22(30)17-13-26-28(15-17)12-10-18-9-8-16-6-5-11-24-21(16)27-18/h8-9,13,15,19H,2-7,10-12,14,23H2,1H3,(H,24,27)(H,25,30)/t19-/m0/s1. The quantitative estimate of drug-likeness (QED) is 0.487. The highest BCUT2D eigenvalue weighted by Gasteiger charge is 2.16. The van der Waals surface area contributed by atoms with Crippen LogP contribution in [-0.2, 0) is 24.2 Å². The number of aryl methyl sites for hydroxylation is 3. The van der Waals surface area contributed by atoms with Crippen molar-refractivity contribution >= 4 is 17.5 Å². The molecule has 8 nitrogen and oxygen atoms in total. The van der Waals surface area contributed by atoms with E-state index >= 15 is 0 Å². The average molecular weight is 413 g/mol. The van der Waals surface area contributed by atoms with Crippen molar-refractivity contribution in [3.8, 4) is 0 Å². The van der Waals surface area contributed by atoms with Crippen LogP contribution in [0.4, 0.5) is 5.82 Å². The summed E-state index contributed by atoms with van der Waals surface area (Å²) in [6, 6.07) is 3.53. The second kappa shape index (κ2) is 10.9. The van der Waals surface area contributed by atoms with Gasteiger partial charge in [0.2, 0.25) is 0 Å². The zero-order valence-electron chi connectivity index (χ0n) is 17.7. The van der Waals surface area contributed by atoms with Gasteiger partial charge in [0.05, 0.1) is 17.8 Å². The van der Waals surface area contributed by atoms with Crippen molar-refractivity contribution in [2.75, 3.05) is 18.4 Å². The van der Waals surface area contributed by atoms with E-state index in [0.29, 0.717) is 18.5 Å². The third-order valence-corrected chi connectivity index (χ3v) is 5.37. The largest absolute Gasteiger partial charge is 0.370 e. The molecule has 0 saturated heterocycles. The number of carbonyl (C=O) groups is 2. The molecule has 3 heterocycles. The van der Waals surface area contributed by atoms with E-state index in [0.717, 1.165) is 56.6 Å². The van der Waals surface area contributed by atoms with Gasteiger partial charge in [0.15, 0.2) is 5.78 Å². The van der Waals surface area contributed by atoms with Crippen molar-refractivity contribution in [1.29, 1.82) is 0 Å². The van der Waals surface area contributed by atoms with Gasteiger partial charge in [-0.15, -0.1) is 0 Å². The maximum Gasteiger partial charge on any atom is 0.254 e. The van der Waals surface area contributed by atoms with Crippen LogP contribution in [0.15, 0.2) is 24.5 Å². The van der Waals surface area contributed by atoms with E-state index in [1.165, 1.54) is 11.8 Å². The van der Waals surface area contributed by atoms with Crippen LogP contribution in [0.2, 0.25) is 0 Å². The van der Waals surface area contributed by atoms with Gasteiger partial charge < -0.3 is 16.4 Å². The van der Waals surface area contributed by atoms with Crippen molar-refractivity contribution in [3.05, 3.63) is 41.3 Å². The third kappa shape index (κ3) is 6.13.